The molecule has 0 unspecified atom stereocenters. The summed E-state index contributed by atoms with van der Waals surface area (Å²) >= 11 is 0. The molecule has 1 rings (SSSR count). The first-order valence-electron chi connectivity index (χ1n) is 4.15. The summed E-state index contributed by atoms with van der Waals surface area (Å²) in [6.45, 7) is -0.683. The molecule has 0 amide bonds. The zero-order valence-corrected chi connectivity index (χ0v) is 7.26. The summed E-state index contributed by atoms with van der Waals surface area (Å²) in [5.41, 5.74) is 0. The van der Waals surface area contributed by atoms with E-state index in [1.165, 1.54) is 0 Å². The standard InChI is InChI=1S/C7H14O7/c8-1-2(9)6-4(11)3(10)5(12)7(13)14-6/h2-13H,1H2/t2-,3-,4+,5+,6+,7+/m1/s1. The molecule has 0 aromatic heterocycles. The molecule has 7 heteroatoms. The molecule has 0 bridgehead atoms. The van der Waals surface area contributed by atoms with Crippen molar-refractivity contribution in [3.63, 3.8) is 0 Å². The van der Waals surface area contributed by atoms with Crippen molar-refractivity contribution in [3.8, 4) is 0 Å². The van der Waals surface area contributed by atoms with Crippen molar-refractivity contribution >= 4 is 0 Å². The molecule has 0 saturated carbocycles. The fourth-order valence-electron chi connectivity index (χ4n) is 1.31. The zero-order valence-electron chi connectivity index (χ0n) is 7.26. The van der Waals surface area contributed by atoms with Crippen molar-refractivity contribution in [1.82, 2.24) is 0 Å². The largest absolute Gasteiger partial charge is 0.394 e. The van der Waals surface area contributed by atoms with Crippen LogP contribution in [0, 0.1) is 0 Å². The number of aliphatic hydroxyl groups is 6. The average Bonchev–Trinajstić information content (AvgIpc) is 2.19. The summed E-state index contributed by atoms with van der Waals surface area (Å²) in [6.07, 6.45) is -9.26. The second-order valence-corrected chi connectivity index (χ2v) is 3.21. The van der Waals surface area contributed by atoms with Crippen LogP contribution in [0.5, 0.6) is 0 Å². The predicted molar refractivity (Wildman–Crippen MR) is 42.0 cm³/mol. The molecule has 14 heavy (non-hydrogen) atoms. The lowest BCUT2D eigenvalue weighted by molar-refractivity contribution is -0.298. The van der Waals surface area contributed by atoms with Crippen molar-refractivity contribution in [2.45, 2.75) is 36.8 Å². The normalized spacial score (nSPS) is 46.3. The van der Waals surface area contributed by atoms with Crippen LogP contribution in [0.15, 0.2) is 0 Å². The summed E-state index contributed by atoms with van der Waals surface area (Å²) in [7, 11) is 0. The second-order valence-electron chi connectivity index (χ2n) is 3.21. The fourth-order valence-corrected chi connectivity index (χ4v) is 1.31. The third-order valence-corrected chi connectivity index (χ3v) is 2.19. The molecule has 6 N–H and O–H groups in total. The highest BCUT2D eigenvalue weighted by Gasteiger charge is 2.45. The minimum atomic E-state index is -1.69. The molecule has 0 aliphatic carbocycles. The summed E-state index contributed by atoms with van der Waals surface area (Å²) in [6, 6.07) is 0. The Bertz CT molecular complexity index is 187. The van der Waals surface area contributed by atoms with Gasteiger partial charge in [-0.1, -0.05) is 0 Å². The van der Waals surface area contributed by atoms with Crippen LogP contribution in [0.1, 0.15) is 0 Å². The summed E-state index contributed by atoms with van der Waals surface area (Å²) in [5, 5.41) is 54.3. The van der Waals surface area contributed by atoms with Crippen LogP contribution in [-0.2, 0) is 4.74 Å². The Kier molecular flexibility index (Phi) is 3.78. The van der Waals surface area contributed by atoms with Crippen LogP contribution in [0.4, 0.5) is 0 Å². The van der Waals surface area contributed by atoms with Gasteiger partial charge in [-0.05, 0) is 0 Å². The van der Waals surface area contributed by atoms with E-state index in [0.717, 1.165) is 0 Å². The third-order valence-electron chi connectivity index (χ3n) is 2.19. The van der Waals surface area contributed by atoms with E-state index in [1.807, 2.05) is 0 Å². The number of hydrogen-bond acceptors (Lipinski definition) is 7. The molecule has 1 saturated heterocycles. The van der Waals surface area contributed by atoms with Gasteiger partial charge in [0.15, 0.2) is 6.29 Å². The summed E-state index contributed by atoms with van der Waals surface area (Å²) in [4.78, 5) is 0. The van der Waals surface area contributed by atoms with Gasteiger partial charge in [0.25, 0.3) is 0 Å². The van der Waals surface area contributed by atoms with E-state index in [9.17, 15) is 10.2 Å². The van der Waals surface area contributed by atoms with Gasteiger partial charge >= 0.3 is 0 Å². The van der Waals surface area contributed by atoms with Crippen LogP contribution in [0.3, 0.4) is 0 Å². The Morgan fingerprint density at radius 3 is 2.07 bits per heavy atom. The van der Waals surface area contributed by atoms with Crippen molar-refractivity contribution in [3.05, 3.63) is 0 Å². The van der Waals surface area contributed by atoms with E-state index in [1.54, 1.807) is 0 Å². The van der Waals surface area contributed by atoms with Gasteiger partial charge in [0.05, 0.1) is 6.61 Å². The van der Waals surface area contributed by atoms with Gasteiger partial charge in [0.1, 0.15) is 30.5 Å². The van der Waals surface area contributed by atoms with Crippen LogP contribution < -0.4 is 0 Å². The van der Waals surface area contributed by atoms with E-state index in [2.05, 4.69) is 4.74 Å². The topological polar surface area (TPSA) is 131 Å². The molecule has 1 fully saturated rings. The van der Waals surface area contributed by atoms with Crippen molar-refractivity contribution < 1.29 is 35.4 Å². The lowest BCUT2D eigenvalue weighted by Gasteiger charge is -2.39. The molecule has 0 radical (unpaired) electrons. The first-order valence-corrected chi connectivity index (χ1v) is 4.15. The van der Waals surface area contributed by atoms with E-state index >= 15 is 0 Å². The van der Waals surface area contributed by atoms with Crippen molar-refractivity contribution in [2.24, 2.45) is 0 Å². The molecule has 1 aliphatic rings. The fraction of sp³-hybridized carbons (Fsp3) is 1.00. The monoisotopic (exact) mass is 210 g/mol. The minimum Gasteiger partial charge on any atom is -0.394 e. The number of rotatable bonds is 2. The quantitative estimate of drug-likeness (QED) is 0.275. The number of ether oxygens (including phenoxy) is 1. The SMILES string of the molecule is OC[C@@H](O)[C@@H]1O[C@H](O)[C@@H](O)[C@H](O)[C@@H]1O. The molecular weight excluding hydrogens is 196 g/mol. The minimum absolute atomic E-state index is 0.683. The molecule has 84 valence electrons. The van der Waals surface area contributed by atoms with E-state index in [4.69, 9.17) is 20.4 Å². The Hall–Kier alpha value is -0.280. The lowest BCUT2D eigenvalue weighted by Crippen LogP contribution is -2.61. The molecule has 0 spiro atoms. The smallest absolute Gasteiger partial charge is 0.184 e. The first-order chi connectivity index (χ1) is 6.49. The predicted octanol–water partition coefficient (Wildman–Crippen LogP) is -3.86. The summed E-state index contributed by atoms with van der Waals surface area (Å²) in [5.74, 6) is 0. The molecular formula is C7H14O7. The number of hydrogen-bond donors (Lipinski definition) is 6. The van der Waals surface area contributed by atoms with Gasteiger partial charge in [-0.25, -0.2) is 0 Å². The van der Waals surface area contributed by atoms with E-state index in [-0.39, 0.29) is 0 Å². The van der Waals surface area contributed by atoms with Crippen LogP contribution in [-0.4, -0.2) is 74.1 Å². The van der Waals surface area contributed by atoms with Crippen LogP contribution >= 0.6 is 0 Å². The van der Waals surface area contributed by atoms with E-state index < -0.39 is 43.4 Å². The van der Waals surface area contributed by atoms with Gasteiger partial charge in [-0.2, -0.15) is 0 Å². The first kappa shape index (κ1) is 11.8. The van der Waals surface area contributed by atoms with Crippen molar-refractivity contribution in [1.29, 1.82) is 0 Å². The Balaban J connectivity index is 2.70. The molecule has 1 heterocycles. The summed E-state index contributed by atoms with van der Waals surface area (Å²) < 4.78 is 4.62. The Morgan fingerprint density at radius 2 is 1.57 bits per heavy atom. The highest BCUT2D eigenvalue weighted by Crippen LogP contribution is 2.21. The van der Waals surface area contributed by atoms with Crippen LogP contribution in [0.2, 0.25) is 0 Å². The molecule has 6 atom stereocenters. The Morgan fingerprint density at radius 1 is 1.00 bits per heavy atom. The van der Waals surface area contributed by atoms with E-state index in [0.29, 0.717) is 0 Å². The van der Waals surface area contributed by atoms with Crippen molar-refractivity contribution in [2.75, 3.05) is 6.61 Å². The highest BCUT2D eigenvalue weighted by molar-refractivity contribution is 4.91. The second kappa shape index (κ2) is 4.49. The third kappa shape index (κ3) is 2.04. The van der Waals surface area contributed by atoms with Gasteiger partial charge < -0.3 is 35.4 Å². The maximum atomic E-state index is 9.31. The maximum absolute atomic E-state index is 9.31. The van der Waals surface area contributed by atoms with Gasteiger partial charge in [0.2, 0.25) is 0 Å². The van der Waals surface area contributed by atoms with Gasteiger partial charge in [-0.3, -0.25) is 0 Å². The van der Waals surface area contributed by atoms with Crippen LogP contribution in [0.25, 0.3) is 0 Å². The van der Waals surface area contributed by atoms with Gasteiger partial charge in [-0.15, -0.1) is 0 Å². The maximum Gasteiger partial charge on any atom is 0.184 e. The van der Waals surface area contributed by atoms with Gasteiger partial charge in [0, 0.05) is 0 Å². The molecule has 1 aliphatic heterocycles. The molecule has 7 nitrogen and oxygen atoms in total. The Labute approximate surface area is 79.8 Å². The molecule has 0 aromatic carbocycles. The number of aliphatic hydroxyl groups excluding tert-OH is 6. The lowest BCUT2D eigenvalue weighted by atomic mass is 9.96. The highest BCUT2D eigenvalue weighted by atomic mass is 16.6. The average molecular weight is 210 g/mol. The molecule has 0 aromatic rings. The zero-order chi connectivity index (χ0) is 10.9.